The smallest absolute Gasteiger partial charge is 0.462 e. The van der Waals surface area contributed by atoms with Crippen molar-refractivity contribution in [2.75, 3.05) is 39.6 Å². The first-order valence-electron chi connectivity index (χ1n) is 40.7. The molecule has 19 heteroatoms. The number of ether oxygens (including phenoxy) is 4. The molecule has 0 spiro atoms. The van der Waals surface area contributed by atoms with E-state index in [9.17, 15) is 43.2 Å². The van der Waals surface area contributed by atoms with Crippen molar-refractivity contribution in [1.82, 2.24) is 0 Å². The number of phosphoric ester groups is 2. The molecule has 0 aromatic carbocycles. The van der Waals surface area contributed by atoms with Gasteiger partial charge < -0.3 is 33.8 Å². The normalized spacial score (nSPS) is 14.8. The highest BCUT2D eigenvalue weighted by molar-refractivity contribution is 7.47. The maximum absolute atomic E-state index is 13.1. The van der Waals surface area contributed by atoms with E-state index in [0.29, 0.717) is 32.1 Å². The highest BCUT2D eigenvalue weighted by Crippen LogP contribution is 2.45. The van der Waals surface area contributed by atoms with E-state index in [1.165, 1.54) is 25.7 Å². The summed E-state index contributed by atoms with van der Waals surface area (Å²) in [6.07, 6.45) is 97.0. The minimum Gasteiger partial charge on any atom is -0.462 e. The fourth-order valence-electron chi connectivity index (χ4n) is 9.95. The summed E-state index contributed by atoms with van der Waals surface area (Å²) in [6.45, 7) is 4.34. The van der Waals surface area contributed by atoms with E-state index >= 15 is 0 Å². The number of carbonyl (C=O) groups excluding carboxylic acids is 4. The Balaban J connectivity index is 5.50. The number of hydrogen-bond donors (Lipinski definition) is 3. The molecule has 0 heterocycles. The molecule has 17 nitrogen and oxygen atoms in total. The molecule has 5 atom stereocenters. The molecule has 0 saturated heterocycles. The Labute approximate surface area is 653 Å². The molecular weight excluding hydrogens is 1400 g/mol. The van der Waals surface area contributed by atoms with E-state index in [1.807, 2.05) is 12.2 Å². The van der Waals surface area contributed by atoms with E-state index in [4.69, 9.17) is 37.0 Å². The lowest BCUT2D eigenvalue weighted by atomic mass is 10.1. The van der Waals surface area contributed by atoms with Gasteiger partial charge in [-0.05, 0) is 180 Å². The summed E-state index contributed by atoms with van der Waals surface area (Å²) in [5.41, 5.74) is 0. The number of phosphoric acid groups is 2. The van der Waals surface area contributed by atoms with Crippen LogP contribution in [-0.2, 0) is 65.4 Å². The predicted molar refractivity (Wildman–Crippen MR) is 445 cm³/mol. The van der Waals surface area contributed by atoms with Crippen LogP contribution >= 0.6 is 15.6 Å². The van der Waals surface area contributed by atoms with Crippen LogP contribution in [0.5, 0.6) is 0 Å². The predicted octanol–water partition coefficient (Wildman–Crippen LogP) is 24.1. The van der Waals surface area contributed by atoms with Crippen molar-refractivity contribution < 1.29 is 80.2 Å². The Kier molecular flexibility index (Phi) is 74.5. The lowest BCUT2D eigenvalue weighted by Gasteiger charge is -2.21. The number of rotatable bonds is 74. The van der Waals surface area contributed by atoms with Gasteiger partial charge in [0.15, 0.2) is 12.2 Å². The van der Waals surface area contributed by atoms with Crippen LogP contribution in [0.2, 0.25) is 0 Å². The molecule has 610 valence electrons. The zero-order valence-electron chi connectivity index (χ0n) is 66.7. The molecule has 3 N–H and O–H groups in total. The fraction of sp³-hybridized carbons (Fsp3) is 0.596. The van der Waals surface area contributed by atoms with Crippen molar-refractivity contribution in [1.29, 1.82) is 0 Å². The maximum Gasteiger partial charge on any atom is 0.472 e. The van der Waals surface area contributed by atoms with Crippen molar-refractivity contribution >= 4 is 39.5 Å². The van der Waals surface area contributed by atoms with E-state index < -0.39 is 97.5 Å². The Hall–Kier alpha value is -6.10. The van der Waals surface area contributed by atoms with Crippen LogP contribution in [0, 0.1) is 0 Å². The van der Waals surface area contributed by atoms with Gasteiger partial charge in [0, 0.05) is 25.7 Å². The highest BCUT2D eigenvalue weighted by atomic mass is 31.2. The highest BCUT2D eigenvalue weighted by Gasteiger charge is 2.30. The van der Waals surface area contributed by atoms with Crippen LogP contribution in [-0.4, -0.2) is 96.7 Å². The van der Waals surface area contributed by atoms with Gasteiger partial charge in [-0.3, -0.25) is 37.3 Å². The van der Waals surface area contributed by atoms with Gasteiger partial charge in [0.1, 0.15) is 19.3 Å². The van der Waals surface area contributed by atoms with Gasteiger partial charge in [0.2, 0.25) is 0 Å². The molecule has 0 radical (unpaired) electrons. The van der Waals surface area contributed by atoms with Gasteiger partial charge in [-0.1, -0.05) is 273 Å². The molecule has 0 aliphatic heterocycles. The summed E-state index contributed by atoms with van der Waals surface area (Å²) >= 11 is 0. The Bertz CT molecular complexity index is 2810. The van der Waals surface area contributed by atoms with Gasteiger partial charge in [-0.25, -0.2) is 9.13 Å². The molecule has 0 aliphatic rings. The van der Waals surface area contributed by atoms with Gasteiger partial charge in [-0.2, -0.15) is 0 Å². The molecule has 0 bridgehead atoms. The van der Waals surface area contributed by atoms with Crippen LogP contribution in [0.1, 0.15) is 285 Å². The molecule has 0 rings (SSSR count). The number of hydrogen-bond acceptors (Lipinski definition) is 15. The molecule has 0 amide bonds. The Morgan fingerprint density at radius 2 is 0.491 bits per heavy atom. The van der Waals surface area contributed by atoms with Crippen molar-refractivity contribution in [2.45, 2.75) is 303 Å². The van der Waals surface area contributed by atoms with Crippen LogP contribution in [0.4, 0.5) is 0 Å². The monoisotopic (exact) mass is 1540 g/mol. The average Bonchev–Trinajstić information content (AvgIpc) is 0.886. The second-order valence-electron chi connectivity index (χ2n) is 26.2. The third kappa shape index (κ3) is 78.0. The van der Waals surface area contributed by atoms with E-state index in [2.05, 4.69) is 210 Å². The Morgan fingerprint density at radius 3 is 0.796 bits per heavy atom. The van der Waals surface area contributed by atoms with Gasteiger partial charge in [-0.15, -0.1) is 0 Å². The molecule has 0 aromatic rings. The van der Waals surface area contributed by atoms with Crippen LogP contribution in [0.25, 0.3) is 0 Å². The van der Waals surface area contributed by atoms with Gasteiger partial charge in [0.25, 0.3) is 0 Å². The zero-order valence-corrected chi connectivity index (χ0v) is 68.5. The minimum atomic E-state index is -5.02. The van der Waals surface area contributed by atoms with Gasteiger partial charge in [0.05, 0.1) is 26.4 Å². The van der Waals surface area contributed by atoms with Crippen molar-refractivity contribution in [3.63, 3.8) is 0 Å². The van der Waals surface area contributed by atoms with Crippen LogP contribution in [0.15, 0.2) is 194 Å². The fourth-order valence-corrected chi connectivity index (χ4v) is 11.5. The third-order valence-corrected chi connectivity index (χ3v) is 17.9. The quantitative estimate of drug-likeness (QED) is 0.0169. The largest absolute Gasteiger partial charge is 0.472 e. The first kappa shape index (κ1) is 102. The molecule has 0 aliphatic carbocycles. The van der Waals surface area contributed by atoms with E-state index in [0.717, 1.165) is 173 Å². The molecule has 0 fully saturated rings. The summed E-state index contributed by atoms with van der Waals surface area (Å²) in [6, 6.07) is 0. The van der Waals surface area contributed by atoms with Crippen molar-refractivity contribution in [2.24, 2.45) is 0 Å². The molecule has 5 unspecified atom stereocenters. The first-order chi connectivity index (χ1) is 52.7. The number of carbonyl (C=O) groups is 4. The molecular formula is C89H142O17P2. The number of aliphatic hydroxyl groups excluding tert-OH is 1. The number of unbranched alkanes of at least 4 members (excludes halogenated alkanes) is 16. The van der Waals surface area contributed by atoms with E-state index in [-0.39, 0.29) is 25.7 Å². The van der Waals surface area contributed by atoms with Gasteiger partial charge >= 0.3 is 39.5 Å². The second-order valence-corrected chi connectivity index (χ2v) is 29.1. The topological polar surface area (TPSA) is 237 Å². The third-order valence-electron chi connectivity index (χ3n) is 16.0. The minimum absolute atomic E-state index is 0.000218. The number of esters is 4. The summed E-state index contributed by atoms with van der Waals surface area (Å²) in [4.78, 5) is 73.1. The lowest BCUT2D eigenvalue weighted by molar-refractivity contribution is -0.161. The molecule has 108 heavy (non-hydrogen) atoms. The standard InChI is InChI=1S/C89H142O17P2/c1-5-9-13-17-21-25-29-33-36-39-41-44-46-50-53-57-61-65-69-73-86(91)99-79-84(105-88(93)75-71-67-63-59-55-49-32-28-24-20-16-12-8-4)81-103-107(95,96)101-77-83(90)78-102-108(97,98)104-82-85(106-89(94)76-72-68-64-60-56-52-48-43-38-35-31-27-23-19-15-11-7-3)80-100-87(92)74-70-66-62-58-54-51-47-45-42-40-37-34-30-26-22-18-14-10-6-2/h9-11,13-15,21-23,25-28,32-38,41-42,44-45,48,50-54,60,64,83-85,90H,5-8,12,16-20,24,29-31,39-40,43,46-47,49,55-59,61-63,65-82H2,1-4H3,(H,95,96)(H,97,98)/b13-9-,14-10-,15-11-,25-21-,26-22-,27-23-,32-28-,36-33-,37-34-,38-35-,44-41-,45-42-,52-48-,53-50-,54-51-,64-60-. The second kappa shape index (κ2) is 79.0. The van der Waals surface area contributed by atoms with Crippen molar-refractivity contribution in [3.05, 3.63) is 194 Å². The van der Waals surface area contributed by atoms with Crippen LogP contribution in [0.3, 0.4) is 0 Å². The molecule has 0 saturated carbocycles. The average molecular weight is 1550 g/mol. The van der Waals surface area contributed by atoms with Crippen molar-refractivity contribution in [3.8, 4) is 0 Å². The van der Waals surface area contributed by atoms with E-state index in [1.54, 1.807) is 0 Å². The first-order valence-corrected chi connectivity index (χ1v) is 43.7. The summed E-state index contributed by atoms with van der Waals surface area (Å²) in [5, 5.41) is 10.7. The zero-order chi connectivity index (χ0) is 78.9. The Morgan fingerprint density at radius 1 is 0.269 bits per heavy atom. The number of allylic oxidation sites excluding steroid dienone is 32. The SMILES string of the molecule is CC/C=C\C/C=C\C/C=C\C/C=C\C/C=C\CCCCCC(=O)OCC(COP(=O)(O)OCC(O)COP(=O)(O)OCC(COC(=O)CCCCC/C=C\C/C=C\C/C=C\C/C=C\C/C=C\CC)OC(=O)CCCCCCC/C=C\CCCCCC)OC(=O)CCC/C=C\C/C=C\C/C=C\C/C=C\C/C=C\CC. The summed E-state index contributed by atoms with van der Waals surface area (Å²) in [7, 11) is -10.0. The summed E-state index contributed by atoms with van der Waals surface area (Å²) < 4.78 is 68.5. The maximum atomic E-state index is 13.1. The molecule has 0 aromatic heterocycles. The summed E-state index contributed by atoms with van der Waals surface area (Å²) in [5.74, 6) is -2.34. The van der Waals surface area contributed by atoms with Crippen LogP contribution < -0.4 is 0 Å². The lowest BCUT2D eigenvalue weighted by Crippen LogP contribution is -2.30. The number of aliphatic hydroxyl groups is 1.